The van der Waals surface area contributed by atoms with Crippen LogP contribution in [0.2, 0.25) is 0 Å². The number of hydrogen-bond acceptors (Lipinski definition) is 6. The Bertz CT molecular complexity index is 1250. The molecule has 0 spiro atoms. The molecule has 4 aromatic rings. The van der Waals surface area contributed by atoms with Gasteiger partial charge in [0.1, 0.15) is 5.52 Å². The van der Waals surface area contributed by atoms with Crippen LogP contribution in [0.1, 0.15) is 40.5 Å². The SMILES string of the molecule is CN(c1nc2cnc(-c3ccc4nn(C)cc4c3)cc2s1)C1CC(C)(C)NC(C)(C)C1. The number of anilines is 1. The van der Waals surface area contributed by atoms with E-state index in [1.807, 2.05) is 24.1 Å². The predicted molar refractivity (Wildman–Crippen MR) is 130 cm³/mol. The predicted octanol–water partition coefficient (Wildman–Crippen LogP) is 4.99. The van der Waals surface area contributed by atoms with Crippen molar-refractivity contribution in [2.75, 3.05) is 11.9 Å². The van der Waals surface area contributed by atoms with E-state index in [4.69, 9.17) is 9.97 Å². The number of nitrogens with one attached hydrogen (secondary N) is 1. The van der Waals surface area contributed by atoms with Crippen molar-refractivity contribution >= 4 is 37.6 Å². The quantitative estimate of drug-likeness (QED) is 0.492. The van der Waals surface area contributed by atoms with Crippen molar-refractivity contribution in [3.8, 4) is 11.3 Å². The lowest BCUT2D eigenvalue weighted by Crippen LogP contribution is -2.61. The molecule has 1 saturated heterocycles. The zero-order valence-electron chi connectivity index (χ0n) is 19.1. The standard InChI is InChI=1S/C24H30N6S/c1-23(2)11-17(12-24(3,4)28-23)30(6)22-26-20-13-25-19(10-21(20)31-22)15-7-8-18-16(9-15)14-29(5)27-18/h7-10,13-14,17,28H,11-12H2,1-6H3. The minimum atomic E-state index is 0.108. The van der Waals surface area contributed by atoms with Crippen LogP contribution in [0.4, 0.5) is 5.13 Å². The highest BCUT2D eigenvalue weighted by atomic mass is 32.1. The molecule has 4 heterocycles. The molecule has 0 saturated carbocycles. The van der Waals surface area contributed by atoms with Crippen LogP contribution in [0, 0.1) is 0 Å². The first kappa shape index (κ1) is 20.4. The van der Waals surface area contributed by atoms with E-state index in [9.17, 15) is 0 Å². The van der Waals surface area contributed by atoms with Crippen LogP contribution in [-0.2, 0) is 7.05 Å². The van der Waals surface area contributed by atoms with E-state index in [0.717, 1.165) is 45.7 Å². The van der Waals surface area contributed by atoms with Gasteiger partial charge in [-0.1, -0.05) is 17.4 Å². The average molecular weight is 435 g/mol. The monoisotopic (exact) mass is 434 g/mol. The van der Waals surface area contributed by atoms with Gasteiger partial charge < -0.3 is 10.2 Å². The molecule has 3 aromatic heterocycles. The number of aromatic nitrogens is 4. The maximum Gasteiger partial charge on any atom is 0.186 e. The third-order valence-electron chi connectivity index (χ3n) is 6.20. The maximum atomic E-state index is 4.92. The number of pyridine rings is 1. The molecule has 1 N–H and O–H groups in total. The fraction of sp³-hybridized carbons (Fsp3) is 0.458. The van der Waals surface area contributed by atoms with Crippen molar-refractivity contribution in [2.45, 2.75) is 57.7 Å². The molecule has 31 heavy (non-hydrogen) atoms. The molecule has 0 unspecified atom stereocenters. The van der Waals surface area contributed by atoms with Crippen LogP contribution in [0.3, 0.4) is 0 Å². The van der Waals surface area contributed by atoms with Gasteiger partial charge in [-0.3, -0.25) is 9.67 Å². The molecule has 1 fully saturated rings. The van der Waals surface area contributed by atoms with Crippen LogP contribution in [0.25, 0.3) is 32.4 Å². The topological polar surface area (TPSA) is 58.9 Å². The summed E-state index contributed by atoms with van der Waals surface area (Å²) in [6.07, 6.45) is 6.14. The van der Waals surface area contributed by atoms with Gasteiger partial charge >= 0.3 is 0 Å². The second kappa shape index (κ2) is 7.00. The minimum Gasteiger partial charge on any atom is -0.348 e. The Labute approximate surface area is 187 Å². The first-order valence-electron chi connectivity index (χ1n) is 10.8. The Morgan fingerprint density at radius 1 is 1.10 bits per heavy atom. The number of aryl methyl sites for hydroxylation is 1. The highest BCUT2D eigenvalue weighted by Crippen LogP contribution is 2.37. The molecule has 0 aliphatic carbocycles. The van der Waals surface area contributed by atoms with Gasteiger partial charge in [0, 0.05) is 48.4 Å². The molecule has 0 bridgehead atoms. The van der Waals surface area contributed by atoms with Crippen LogP contribution in [-0.4, -0.2) is 43.9 Å². The molecular weight excluding hydrogens is 404 g/mol. The van der Waals surface area contributed by atoms with Gasteiger partial charge in [0.25, 0.3) is 0 Å². The Balaban J connectivity index is 1.46. The Morgan fingerprint density at radius 3 is 2.58 bits per heavy atom. The summed E-state index contributed by atoms with van der Waals surface area (Å²) in [6, 6.07) is 8.93. The molecule has 1 aromatic carbocycles. The van der Waals surface area contributed by atoms with Gasteiger partial charge in [-0.25, -0.2) is 4.98 Å². The molecule has 7 heteroatoms. The average Bonchev–Trinajstić information content (AvgIpc) is 3.25. The molecule has 0 radical (unpaired) electrons. The zero-order valence-corrected chi connectivity index (χ0v) is 19.9. The van der Waals surface area contributed by atoms with E-state index in [1.54, 1.807) is 11.3 Å². The second-order valence-corrected chi connectivity index (χ2v) is 11.2. The van der Waals surface area contributed by atoms with Gasteiger partial charge in [0.2, 0.25) is 0 Å². The van der Waals surface area contributed by atoms with E-state index in [-0.39, 0.29) is 11.1 Å². The number of nitrogens with zero attached hydrogens (tertiary/aromatic N) is 5. The first-order chi connectivity index (χ1) is 14.6. The maximum absolute atomic E-state index is 4.92. The van der Waals surface area contributed by atoms with Gasteiger partial charge in [-0.15, -0.1) is 0 Å². The molecule has 5 rings (SSSR count). The Morgan fingerprint density at radius 2 is 1.84 bits per heavy atom. The largest absolute Gasteiger partial charge is 0.348 e. The van der Waals surface area contributed by atoms with Crippen LogP contribution in [0.15, 0.2) is 36.7 Å². The summed E-state index contributed by atoms with van der Waals surface area (Å²) in [7, 11) is 4.13. The number of thiazole rings is 1. The van der Waals surface area contributed by atoms with E-state index in [2.05, 4.69) is 74.3 Å². The number of benzene rings is 1. The molecular formula is C24H30N6S. The Kier molecular flexibility index (Phi) is 4.61. The Hall–Kier alpha value is -2.51. The summed E-state index contributed by atoms with van der Waals surface area (Å²) < 4.78 is 3.02. The summed E-state index contributed by atoms with van der Waals surface area (Å²) in [5.74, 6) is 0. The smallest absolute Gasteiger partial charge is 0.186 e. The third kappa shape index (κ3) is 3.92. The molecule has 0 amide bonds. The van der Waals surface area contributed by atoms with Crippen LogP contribution in [0.5, 0.6) is 0 Å². The lowest BCUT2D eigenvalue weighted by Gasteiger charge is -2.48. The van der Waals surface area contributed by atoms with Gasteiger partial charge in [-0.2, -0.15) is 5.10 Å². The number of rotatable bonds is 3. The summed E-state index contributed by atoms with van der Waals surface area (Å²) in [5.41, 5.74) is 4.26. The molecule has 1 aliphatic heterocycles. The highest BCUT2D eigenvalue weighted by Gasteiger charge is 2.39. The van der Waals surface area contributed by atoms with Crippen molar-refractivity contribution in [2.24, 2.45) is 7.05 Å². The van der Waals surface area contributed by atoms with E-state index in [0.29, 0.717) is 6.04 Å². The van der Waals surface area contributed by atoms with Gasteiger partial charge in [0.05, 0.1) is 22.1 Å². The normalized spacial score (nSPS) is 18.6. The summed E-state index contributed by atoms with van der Waals surface area (Å²) >= 11 is 1.75. The third-order valence-corrected chi connectivity index (χ3v) is 7.31. The lowest BCUT2D eigenvalue weighted by atomic mass is 9.79. The van der Waals surface area contributed by atoms with E-state index >= 15 is 0 Å². The van der Waals surface area contributed by atoms with Crippen molar-refractivity contribution in [3.05, 3.63) is 36.7 Å². The van der Waals surface area contributed by atoms with Gasteiger partial charge in [0.15, 0.2) is 5.13 Å². The molecule has 0 atom stereocenters. The molecule has 1 aliphatic rings. The fourth-order valence-electron chi connectivity index (χ4n) is 5.14. The van der Waals surface area contributed by atoms with Gasteiger partial charge in [-0.05, 0) is 58.7 Å². The molecule has 162 valence electrons. The number of fused-ring (bicyclic) bond motifs is 2. The van der Waals surface area contributed by atoms with Crippen molar-refractivity contribution < 1.29 is 0 Å². The summed E-state index contributed by atoms with van der Waals surface area (Å²) in [6.45, 7) is 9.18. The van der Waals surface area contributed by atoms with Crippen molar-refractivity contribution in [1.29, 1.82) is 0 Å². The fourth-order valence-corrected chi connectivity index (χ4v) is 6.14. The van der Waals surface area contributed by atoms with Crippen LogP contribution < -0.4 is 10.2 Å². The lowest BCUT2D eigenvalue weighted by molar-refractivity contribution is 0.161. The van der Waals surface area contributed by atoms with E-state index < -0.39 is 0 Å². The highest BCUT2D eigenvalue weighted by molar-refractivity contribution is 7.22. The minimum absolute atomic E-state index is 0.108. The van der Waals surface area contributed by atoms with Crippen LogP contribution >= 0.6 is 11.3 Å². The number of piperidine rings is 1. The van der Waals surface area contributed by atoms with Crippen molar-refractivity contribution in [1.82, 2.24) is 25.1 Å². The summed E-state index contributed by atoms with van der Waals surface area (Å²) in [5, 5.41) is 10.4. The first-order valence-corrected chi connectivity index (χ1v) is 11.6. The zero-order chi connectivity index (χ0) is 22.0. The van der Waals surface area contributed by atoms with Crippen molar-refractivity contribution in [3.63, 3.8) is 0 Å². The molecule has 6 nitrogen and oxygen atoms in total. The second-order valence-electron chi connectivity index (χ2n) is 10.2. The summed E-state index contributed by atoms with van der Waals surface area (Å²) in [4.78, 5) is 12.0. The van der Waals surface area contributed by atoms with E-state index in [1.165, 1.54) is 4.70 Å². The number of hydrogen-bond donors (Lipinski definition) is 1.